The highest BCUT2D eigenvalue weighted by atomic mass is 35.7. The smallest absolute Gasteiger partial charge is 0.234 e. The topological polar surface area (TPSA) is 95.5 Å². The quantitative estimate of drug-likeness (QED) is 0.602. The molecule has 6 heteroatoms. The molecule has 0 N–H and O–H groups in total. The molecule has 0 saturated heterocycles. The van der Waals surface area contributed by atoms with Crippen LogP contribution in [0.2, 0.25) is 0 Å². The summed E-state index contributed by atoms with van der Waals surface area (Å²) in [7, 11) is -4.66. The van der Waals surface area contributed by atoms with Gasteiger partial charge in [-0.3, -0.25) is 0 Å². The fourth-order valence-electron chi connectivity index (χ4n) is 1.04. The SMILES string of the molecule is O=C(CCc1ccccc1)O[Cl+3]([O-])([O-])[O-]. The summed E-state index contributed by atoms with van der Waals surface area (Å²) < 4.78 is 33.7. The Labute approximate surface area is 88.6 Å². The molecule has 0 amide bonds. The van der Waals surface area contributed by atoms with Gasteiger partial charge in [0.05, 0.1) is 6.42 Å². The molecule has 0 fully saturated rings. The number of rotatable bonds is 4. The summed E-state index contributed by atoms with van der Waals surface area (Å²) in [5.74, 6) is -1.05. The van der Waals surface area contributed by atoms with Gasteiger partial charge in [-0.2, -0.15) is 14.0 Å². The average Bonchev–Trinajstić information content (AvgIpc) is 2.14. The number of aryl methyl sites for hydroxylation is 1. The van der Waals surface area contributed by atoms with Gasteiger partial charge in [0.2, 0.25) is 0 Å². The van der Waals surface area contributed by atoms with Crippen molar-refractivity contribution in [2.75, 3.05) is 0 Å². The van der Waals surface area contributed by atoms with Crippen LogP contribution < -0.4 is 14.0 Å². The third-order valence-electron chi connectivity index (χ3n) is 1.64. The summed E-state index contributed by atoms with van der Waals surface area (Å²) in [6.07, 6.45) is 0.198. The average molecular weight is 233 g/mol. The molecule has 0 unspecified atom stereocenters. The van der Waals surface area contributed by atoms with Crippen molar-refractivity contribution in [3.8, 4) is 0 Å². The van der Waals surface area contributed by atoms with Gasteiger partial charge in [-0.15, -0.1) is 0 Å². The maximum Gasteiger partial charge on any atom is 0.463 e. The lowest BCUT2D eigenvalue weighted by Crippen LogP contribution is -2.61. The molecule has 1 aromatic rings. The van der Waals surface area contributed by atoms with E-state index >= 15 is 0 Å². The van der Waals surface area contributed by atoms with Gasteiger partial charge in [-0.1, -0.05) is 30.3 Å². The Morgan fingerprint density at radius 1 is 1.20 bits per heavy atom. The molecule has 0 saturated carbocycles. The number of benzene rings is 1. The Kier molecular flexibility index (Phi) is 4.05. The van der Waals surface area contributed by atoms with E-state index in [0.29, 0.717) is 6.42 Å². The lowest BCUT2D eigenvalue weighted by atomic mass is 10.1. The highest BCUT2D eigenvalue weighted by molar-refractivity contribution is 5.68. The van der Waals surface area contributed by atoms with Crippen molar-refractivity contribution in [1.82, 2.24) is 0 Å². The first-order valence-electron chi connectivity index (χ1n) is 4.14. The van der Waals surface area contributed by atoms with E-state index in [9.17, 15) is 18.8 Å². The van der Waals surface area contributed by atoms with Gasteiger partial charge in [0.1, 0.15) is 10.2 Å². The molecule has 15 heavy (non-hydrogen) atoms. The zero-order valence-electron chi connectivity index (χ0n) is 7.72. The molecule has 82 valence electrons. The van der Waals surface area contributed by atoms with Crippen molar-refractivity contribution in [3.05, 3.63) is 35.9 Å². The van der Waals surface area contributed by atoms with Crippen LogP contribution in [-0.2, 0) is 15.5 Å². The van der Waals surface area contributed by atoms with Gasteiger partial charge in [-0.05, 0) is 16.3 Å². The Morgan fingerprint density at radius 3 is 2.33 bits per heavy atom. The van der Waals surface area contributed by atoms with Crippen LogP contribution >= 0.6 is 0 Å². The predicted molar refractivity (Wildman–Crippen MR) is 40.9 cm³/mol. The number of carbonyl (C=O) groups is 1. The Morgan fingerprint density at radius 2 is 1.80 bits per heavy atom. The first-order chi connectivity index (χ1) is 6.97. The second-order valence-electron chi connectivity index (χ2n) is 2.81. The van der Waals surface area contributed by atoms with Crippen LogP contribution in [0.4, 0.5) is 0 Å². The minimum Gasteiger partial charge on any atom is -0.234 e. The molecule has 0 spiro atoms. The van der Waals surface area contributed by atoms with Crippen LogP contribution in [0.3, 0.4) is 0 Å². The van der Waals surface area contributed by atoms with Crippen molar-refractivity contribution >= 4 is 5.97 Å². The van der Waals surface area contributed by atoms with E-state index in [-0.39, 0.29) is 6.42 Å². The molecule has 0 aliphatic rings. The van der Waals surface area contributed by atoms with Gasteiger partial charge < -0.3 is 0 Å². The monoisotopic (exact) mass is 232 g/mol. The van der Waals surface area contributed by atoms with Gasteiger partial charge in [0.15, 0.2) is 0 Å². The van der Waals surface area contributed by atoms with E-state index in [2.05, 4.69) is 4.29 Å². The van der Waals surface area contributed by atoms with Crippen LogP contribution in [0.15, 0.2) is 30.3 Å². The first kappa shape index (κ1) is 11.9. The van der Waals surface area contributed by atoms with Crippen molar-refractivity contribution in [2.24, 2.45) is 0 Å². The van der Waals surface area contributed by atoms with E-state index in [0.717, 1.165) is 5.56 Å². The molecular formula is C9H9ClO5. The lowest BCUT2D eigenvalue weighted by molar-refractivity contribution is -1.92. The summed E-state index contributed by atoms with van der Waals surface area (Å²) in [4.78, 5) is 10.8. The fourth-order valence-corrected chi connectivity index (χ4v) is 1.32. The van der Waals surface area contributed by atoms with E-state index in [4.69, 9.17) is 0 Å². The summed E-state index contributed by atoms with van der Waals surface area (Å²) in [5.41, 5.74) is 0.870. The molecule has 0 bridgehead atoms. The number of carbonyl (C=O) groups excluding carboxylic acids is 1. The summed E-state index contributed by atoms with van der Waals surface area (Å²) >= 11 is 0. The Bertz CT molecular complexity index is 319. The lowest BCUT2D eigenvalue weighted by Gasteiger charge is -2.10. The van der Waals surface area contributed by atoms with Gasteiger partial charge >= 0.3 is 5.97 Å². The number of hydrogen-bond donors (Lipinski definition) is 0. The molecule has 0 aromatic heterocycles. The van der Waals surface area contributed by atoms with Crippen molar-refractivity contribution in [3.63, 3.8) is 0 Å². The minimum atomic E-state index is -4.66. The van der Waals surface area contributed by atoms with E-state index in [1.54, 1.807) is 24.3 Å². The van der Waals surface area contributed by atoms with Crippen LogP contribution in [0.1, 0.15) is 12.0 Å². The second kappa shape index (κ2) is 5.09. The van der Waals surface area contributed by atoms with Crippen LogP contribution in [-0.4, -0.2) is 5.97 Å². The van der Waals surface area contributed by atoms with Gasteiger partial charge in [-0.25, -0.2) is 4.79 Å². The molecule has 0 aliphatic carbocycles. The summed E-state index contributed by atoms with van der Waals surface area (Å²) in [5, 5.41) is 0. The predicted octanol–water partition coefficient (Wildman–Crippen LogP) is -1.94. The first-order valence-corrected chi connectivity index (χ1v) is 5.38. The fraction of sp³-hybridized carbons (Fsp3) is 0.222. The van der Waals surface area contributed by atoms with E-state index in [1.807, 2.05) is 6.07 Å². The Balaban J connectivity index is 2.35. The Hall–Kier alpha value is -1.14. The highest BCUT2D eigenvalue weighted by Crippen LogP contribution is 2.04. The third kappa shape index (κ3) is 5.34. The van der Waals surface area contributed by atoms with Gasteiger partial charge in [0, 0.05) is 0 Å². The summed E-state index contributed by atoms with van der Waals surface area (Å²) in [6, 6.07) is 8.99. The normalized spacial score (nSPS) is 11.1. The molecule has 5 nitrogen and oxygen atoms in total. The highest BCUT2D eigenvalue weighted by Gasteiger charge is 2.24. The zero-order chi connectivity index (χ0) is 11.3. The molecule has 1 aromatic carbocycles. The maximum atomic E-state index is 10.8. The van der Waals surface area contributed by atoms with E-state index < -0.39 is 16.2 Å². The van der Waals surface area contributed by atoms with Crippen LogP contribution in [0, 0.1) is 10.2 Å². The van der Waals surface area contributed by atoms with Gasteiger partial charge in [0.25, 0.3) is 0 Å². The largest absolute Gasteiger partial charge is 0.463 e. The third-order valence-corrected chi connectivity index (χ3v) is 2.00. The second-order valence-corrected chi connectivity index (χ2v) is 3.72. The molecule has 0 atom stereocenters. The van der Waals surface area contributed by atoms with Crippen molar-refractivity contribution in [2.45, 2.75) is 12.8 Å². The molecule has 1 rings (SSSR count). The van der Waals surface area contributed by atoms with Crippen LogP contribution in [0.5, 0.6) is 0 Å². The molecule has 0 heterocycles. The number of halogens is 1. The summed E-state index contributed by atoms with van der Waals surface area (Å²) in [6.45, 7) is 0. The molecular weight excluding hydrogens is 224 g/mol. The zero-order valence-corrected chi connectivity index (χ0v) is 8.48. The standard InChI is InChI=1S/C9H9ClO5/c11-9(15-10(12,13)14)7-6-8-4-2-1-3-5-8/h1-5H,6-7H2. The molecule has 0 radical (unpaired) electrons. The number of hydrogen-bond acceptors (Lipinski definition) is 5. The maximum absolute atomic E-state index is 10.8. The van der Waals surface area contributed by atoms with Crippen molar-refractivity contribution < 1.29 is 33.3 Å². The van der Waals surface area contributed by atoms with E-state index in [1.165, 1.54) is 0 Å². The van der Waals surface area contributed by atoms with Crippen LogP contribution in [0.25, 0.3) is 0 Å². The molecule has 0 aliphatic heterocycles. The van der Waals surface area contributed by atoms with Crippen molar-refractivity contribution in [1.29, 1.82) is 0 Å². The minimum absolute atomic E-state index is 0.140.